The second kappa shape index (κ2) is 6.71. The molecule has 0 atom stereocenters. The summed E-state index contributed by atoms with van der Waals surface area (Å²) < 4.78 is 15.4. The summed E-state index contributed by atoms with van der Waals surface area (Å²) in [5.41, 5.74) is -0.759. The number of rotatable bonds is 6. The third-order valence-electron chi connectivity index (χ3n) is 3.06. The van der Waals surface area contributed by atoms with Crippen molar-refractivity contribution in [1.82, 2.24) is 0 Å². The van der Waals surface area contributed by atoms with Gasteiger partial charge in [-0.15, -0.1) is 0 Å². The third kappa shape index (κ3) is 3.78. The van der Waals surface area contributed by atoms with E-state index in [1.165, 1.54) is 7.11 Å². The lowest BCUT2D eigenvalue weighted by molar-refractivity contribution is -0.155. The van der Waals surface area contributed by atoms with Crippen LogP contribution in [0.2, 0.25) is 0 Å². The molecule has 1 aliphatic heterocycles. The summed E-state index contributed by atoms with van der Waals surface area (Å²) in [4.78, 5) is 23.3. The Labute approximate surface area is 101 Å². The quantitative estimate of drug-likeness (QED) is 0.655. The van der Waals surface area contributed by atoms with Crippen LogP contribution in [0.3, 0.4) is 0 Å². The van der Waals surface area contributed by atoms with E-state index in [2.05, 4.69) is 0 Å². The lowest BCUT2D eigenvalue weighted by Gasteiger charge is -2.34. The van der Waals surface area contributed by atoms with Crippen LogP contribution in [0.25, 0.3) is 0 Å². The minimum Gasteiger partial charge on any atom is -0.466 e. The average molecular weight is 244 g/mol. The number of hydrogen-bond acceptors (Lipinski definition) is 5. The SMILES string of the molecule is CCOC(=O)CCC(=O)C1(OC)CCOCC1. The molecule has 0 bridgehead atoms. The van der Waals surface area contributed by atoms with Gasteiger partial charge in [0.25, 0.3) is 0 Å². The molecule has 17 heavy (non-hydrogen) atoms. The molecule has 0 spiro atoms. The van der Waals surface area contributed by atoms with Gasteiger partial charge in [0.05, 0.1) is 13.0 Å². The van der Waals surface area contributed by atoms with E-state index in [0.717, 1.165) is 0 Å². The molecule has 1 saturated heterocycles. The van der Waals surface area contributed by atoms with Crippen LogP contribution >= 0.6 is 0 Å². The highest BCUT2D eigenvalue weighted by atomic mass is 16.5. The molecule has 0 saturated carbocycles. The van der Waals surface area contributed by atoms with Crippen LogP contribution in [-0.2, 0) is 23.8 Å². The van der Waals surface area contributed by atoms with E-state index < -0.39 is 5.60 Å². The van der Waals surface area contributed by atoms with Crippen molar-refractivity contribution in [3.63, 3.8) is 0 Å². The number of methoxy groups -OCH3 is 1. The number of ether oxygens (including phenoxy) is 3. The van der Waals surface area contributed by atoms with Crippen molar-refractivity contribution in [2.24, 2.45) is 0 Å². The van der Waals surface area contributed by atoms with Crippen molar-refractivity contribution >= 4 is 11.8 Å². The minimum absolute atomic E-state index is 0.0312. The summed E-state index contributed by atoms with van der Waals surface area (Å²) in [6.07, 6.45) is 1.42. The molecule has 5 heteroatoms. The fourth-order valence-corrected chi connectivity index (χ4v) is 1.97. The van der Waals surface area contributed by atoms with Crippen molar-refractivity contribution in [1.29, 1.82) is 0 Å². The van der Waals surface area contributed by atoms with Crippen molar-refractivity contribution < 1.29 is 23.8 Å². The highest BCUT2D eigenvalue weighted by molar-refractivity contribution is 5.89. The maximum Gasteiger partial charge on any atom is 0.306 e. The van der Waals surface area contributed by atoms with Crippen molar-refractivity contribution in [3.05, 3.63) is 0 Å². The van der Waals surface area contributed by atoms with E-state index in [1.807, 2.05) is 0 Å². The normalized spacial score (nSPS) is 18.7. The van der Waals surface area contributed by atoms with Crippen LogP contribution in [0.4, 0.5) is 0 Å². The average Bonchev–Trinajstić information content (AvgIpc) is 2.37. The molecule has 1 rings (SSSR count). The molecule has 0 aromatic heterocycles. The van der Waals surface area contributed by atoms with Gasteiger partial charge in [-0.1, -0.05) is 0 Å². The van der Waals surface area contributed by atoms with E-state index in [4.69, 9.17) is 14.2 Å². The summed E-state index contributed by atoms with van der Waals surface area (Å²) >= 11 is 0. The van der Waals surface area contributed by atoms with Crippen LogP contribution in [0.1, 0.15) is 32.6 Å². The molecular weight excluding hydrogens is 224 g/mol. The number of carbonyl (C=O) groups excluding carboxylic acids is 2. The van der Waals surface area contributed by atoms with Gasteiger partial charge in [0.15, 0.2) is 5.78 Å². The number of Topliss-reactive ketones (excluding diaryl/α,β-unsaturated/α-hetero) is 1. The molecule has 0 aliphatic carbocycles. The molecule has 1 aliphatic rings. The molecule has 0 aromatic rings. The van der Waals surface area contributed by atoms with Crippen LogP contribution in [0.5, 0.6) is 0 Å². The summed E-state index contributed by atoms with van der Waals surface area (Å²) in [6.45, 7) is 3.14. The molecule has 0 unspecified atom stereocenters. The van der Waals surface area contributed by atoms with Crippen LogP contribution < -0.4 is 0 Å². The third-order valence-corrected chi connectivity index (χ3v) is 3.06. The molecule has 0 radical (unpaired) electrons. The van der Waals surface area contributed by atoms with E-state index in [1.54, 1.807) is 6.92 Å². The van der Waals surface area contributed by atoms with E-state index >= 15 is 0 Å². The summed E-state index contributed by atoms with van der Waals surface area (Å²) in [7, 11) is 1.54. The second-order valence-electron chi connectivity index (χ2n) is 4.04. The Hall–Kier alpha value is -0.940. The van der Waals surface area contributed by atoms with Gasteiger partial charge in [0.1, 0.15) is 5.60 Å². The molecule has 5 nitrogen and oxygen atoms in total. The fraction of sp³-hybridized carbons (Fsp3) is 0.833. The van der Waals surface area contributed by atoms with E-state index in [-0.39, 0.29) is 24.6 Å². The maximum absolute atomic E-state index is 12.1. The largest absolute Gasteiger partial charge is 0.466 e. The number of esters is 1. The molecule has 98 valence electrons. The zero-order valence-electron chi connectivity index (χ0n) is 10.5. The number of carbonyl (C=O) groups is 2. The lowest BCUT2D eigenvalue weighted by atomic mass is 9.87. The fourth-order valence-electron chi connectivity index (χ4n) is 1.97. The molecule has 0 N–H and O–H groups in total. The summed E-state index contributed by atoms with van der Waals surface area (Å²) in [5.74, 6) is -0.365. The number of hydrogen-bond donors (Lipinski definition) is 0. The Morgan fingerprint density at radius 1 is 1.24 bits per heavy atom. The molecule has 0 amide bonds. The highest BCUT2D eigenvalue weighted by Gasteiger charge is 2.39. The van der Waals surface area contributed by atoms with Crippen molar-refractivity contribution in [3.8, 4) is 0 Å². The van der Waals surface area contributed by atoms with Gasteiger partial charge < -0.3 is 14.2 Å². The van der Waals surface area contributed by atoms with Crippen LogP contribution in [0, 0.1) is 0 Å². The van der Waals surface area contributed by atoms with Crippen molar-refractivity contribution in [2.45, 2.75) is 38.2 Å². The number of ketones is 1. The van der Waals surface area contributed by atoms with E-state index in [0.29, 0.717) is 32.7 Å². The monoisotopic (exact) mass is 244 g/mol. The summed E-state index contributed by atoms with van der Waals surface area (Å²) in [5, 5.41) is 0. The topological polar surface area (TPSA) is 61.8 Å². The van der Waals surface area contributed by atoms with Gasteiger partial charge in [-0.3, -0.25) is 9.59 Å². The zero-order chi connectivity index (χ0) is 12.7. The first-order valence-corrected chi connectivity index (χ1v) is 5.96. The first-order chi connectivity index (χ1) is 8.14. The van der Waals surface area contributed by atoms with Gasteiger partial charge in [0.2, 0.25) is 0 Å². The standard InChI is InChI=1S/C12H20O5/c1-3-17-11(14)5-4-10(13)12(15-2)6-8-16-9-7-12/h3-9H2,1-2H3. The van der Waals surface area contributed by atoms with Crippen LogP contribution in [-0.4, -0.2) is 44.3 Å². The smallest absolute Gasteiger partial charge is 0.306 e. The van der Waals surface area contributed by atoms with Gasteiger partial charge >= 0.3 is 5.97 Å². The lowest BCUT2D eigenvalue weighted by Crippen LogP contribution is -2.45. The Morgan fingerprint density at radius 2 is 1.88 bits per heavy atom. The van der Waals surface area contributed by atoms with Crippen molar-refractivity contribution in [2.75, 3.05) is 26.9 Å². The molecule has 0 aromatic carbocycles. The Morgan fingerprint density at radius 3 is 2.41 bits per heavy atom. The molecule has 1 heterocycles. The first kappa shape index (κ1) is 14.1. The van der Waals surface area contributed by atoms with Gasteiger partial charge in [-0.05, 0) is 6.92 Å². The molecule has 1 fully saturated rings. The molecular formula is C12H20O5. The van der Waals surface area contributed by atoms with Gasteiger partial charge in [-0.25, -0.2) is 0 Å². The zero-order valence-corrected chi connectivity index (χ0v) is 10.5. The maximum atomic E-state index is 12.1. The predicted octanol–water partition coefficient (Wildman–Crippen LogP) is 1.09. The second-order valence-corrected chi connectivity index (χ2v) is 4.04. The predicted molar refractivity (Wildman–Crippen MR) is 60.7 cm³/mol. The van der Waals surface area contributed by atoms with Gasteiger partial charge in [0, 0.05) is 39.6 Å². The van der Waals surface area contributed by atoms with Gasteiger partial charge in [-0.2, -0.15) is 0 Å². The first-order valence-electron chi connectivity index (χ1n) is 5.96. The van der Waals surface area contributed by atoms with E-state index in [9.17, 15) is 9.59 Å². The Balaban J connectivity index is 2.46. The van der Waals surface area contributed by atoms with Crippen LogP contribution in [0.15, 0.2) is 0 Å². The Kier molecular flexibility index (Phi) is 5.58. The summed E-state index contributed by atoms with van der Waals surface area (Å²) in [6, 6.07) is 0. The Bertz CT molecular complexity index is 268. The minimum atomic E-state index is -0.759. The highest BCUT2D eigenvalue weighted by Crippen LogP contribution is 2.27.